The highest BCUT2D eigenvalue weighted by atomic mass is 16.6. The predicted octanol–water partition coefficient (Wildman–Crippen LogP) is 3.00. The zero-order valence-electron chi connectivity index (χ0n) is 12.2. The van der Waals surface area contributed by atoms with E-state index in [1.165, 1.54) is 0 Å². The minimum atomic E-state index is -0.477. The molecule has 1 rings (SSSR count). The molecule has 1 saturated heterocycles. The summed E-state index contributed by atoms with van der Waals surface area (Å²) in [5, 5.41) is 0. The molecule has 0 aromatic rings. The van der Waals surface area contributed by atoms with E-state index in [0.29, 0.717) is 19.5 Å². The van der Waals surface area contributed by atoms with Crippen LogP contribution in [0.2, 0.25) is 0 Å². The molecular weight excluding hydrogens is 230 g/mol. The van der Waals surface area contributed by atoms with Crippen molar-refractivity contribution in [1.82, 2.24) is 4.90 Å². The smallest absolute Gasteiger partial charge is 0.410 e. The number of Topliss-reactive ketones (excluding diaryl/α,β-unsaturated/α-hetero) is 1. The zero-order chi connectivity index (χ0) is 14.0. The van der Waals surface area contributed by atoms with Crippen LogP contribution in [0.4, 0.5) is 4.79 Å². The molecule has 1 heterocycles. The van der Waals surface area contributed by atoms with E-state index < -0.39 is 5.60 Å². The van der Waals surface area contributed by atoms with Crippen LogP contribution in [0.25, 0.3) is 0 Å². The second-order valence-corrected chi connectivity index (χ2v) is 6.14. The van der Waals surface area contributed by atoms with Gasteiger partial charge in [-0.2, -0.15) is 0 Å². The summed E-state index contributed by atoms with van der Waals surface area (Å²) >= 11 is 0. The van der Waals surface area contributed by atoms with Crippen LogP contribution in [0.3, 0.4) is 0 Å². The number of likely N-dealkylation sites (tertiary alicyclic amines) is 1. The number of carbonyl (C=O) groups is 2. The number of rotatable bonds is 4. The van der Waals surface area contributed by atoms with Crippen molar-refractivity contribution in [2.24, 2.45) is 5.41 Å². The average Bonchev–Trinajstić information content (AvgIpc) is 2.14. The maximum atomic E-state index is 12.1. The molecule has 1 aliphatic rings. The van der Waals surface area contributed by atoms with E-state index in [2.05, 4.69) is 0 Å². The first-order valence-corrected chi connectivity index (χ1v) is 6.75. The van der Waals surface area contributed by atoms with Gasteiger partial charge in [-0.05, 0) is 33.6 Å². The molecule has 1 aliphatic heterocycles. The van der Waals surface area contributed by atoms with Gasteiger partial charge in [-0.1, -0.05) is 13.8 Å². The Morgan fingerprint density at radius 3 is 2.17 bits per heavy atom. The molecule has 0 aliphatic carbocycles. The Morgan fingerprint density at radius 2 is 1.78 bits per heavy atom. The zero-order valence-corrected chi connectivity index (χ0v) is 12.2. The summed E-state index contributed by atoms with van der Waals surface area (Å²) < 4.78 is 5.29. The lowest BCUT2D eigenvalue weighted by molar-refractivity contribution is -0.138. The summed E-state index contributed by atoms with van der Waals surface area (Å²) in [6.07, 6.45) is 1.96. The molecule has 0 radical (unpaired) electrons. The lowest BCUT2D eigenvalue weighted by Gasteiger charge is -2.48. The lowest BCUT2D eigenvalue weighted by atomic mass is 9.72. The Bertz CT molecular complexity index is 324. The number of nitrogens with zero attached hydrogens (tertiary/aromatic N) is 1. The molecule has 0 aromatic carbocycles. The van der Waals surface area contributed by atoms with E-state index in [4.69, 9.17) is 4.74 Å². The normalized spacial score (nSPS) is 18.2. The van der Waals surface area contributed by atoms with Crippen LogP contribution >= 0.6 is 0 Å². The fourth-order valence-electron chi connectivity index (χ4n) is 2.23. The van der Waals surface area contributed by atoms with Crippen molar-refractivity contribution in [1.29, 1.82) is 0 Å². The van der Waals surface area contributed by atoms with Gasteiger partial charge in [-0.3, -0.25) is 4.79 Å². The van der Waals surface area contributed by atoms with E-state index in [1.54, 1.807) is 4.90 Å². The Morgan fingerprint density at radius 1 is 1.22 bits per heavy atom. The van der Waals surface area contributed by atoms with Crippen molar-refractivity contribution in [3.63, 3.8) is 0 Å². The second kappa shape index (κ2) is 5.29. The number of carbonyl (C=O) groups excluding carboxylic acids is 2. The lowest BCUT2D eigenvalue weighted by Crippen LogP contribution is -2.62. The number of hydrogen-bond donors (Lipinski definition) is 0. The predicted molar refractivity (Wildman–Crippen MR) is 70.4 cm³/mol. The number of amides is 1. The molecule has 104 valence electrons. The van der Waals surface area contributed by atoms with E-state index in [9.17, 15) is 9.59 Å². The van der Waals surface area contributed by atoms with Crippen LogP contribution in [0.1, 0.15) is 53.9 Å². The highest BCUT2D eigenvalue weighted by molar-refractivity contribution is 5.88. The number of ether oxygens (including phenoxy) is 1. The minimum Gasteiger partial charge on any atom is -0.444 e. The topological polar surface area (TPSA) is 46.6 Å². The average molecular weight is 255 g/mol. The monoisotopic (exact) mass is 255 g/mol. The van der Waals surface area contributed by atoms with Gasteiger partial charge in [0.15, 0.2) is 0 Å². The van der Waals surface area contributed by atoms with Gasteiger partial charge in [0, 0.05) is 19.5 Å². The quantitative estimate of drug-likeness (QED) is 0.775. The molecule has 0 bridgehead atoms. The highest BCUT2D eigenvalue weighted by Gasteiger charge is 2.49. The van der Waals surface area contributed by atoms with Crippen molar-refractivity contribution in [3.05, 3.63) is 0 Å². The van der Waals surface area contributed by atoms with Gasteiger partial charge in [0.05, 0.1) is 5.41 Å². The van der Waals surface area contributed by atoms with E-state index in [0.717, 1.165) is 12.8 Å². The van der Waals surface area contributed by atoms with Gasteiger partial charge >= 0.3 is 6.09 Å². The third-order valence-electron chi connectivity index (χ3n) is 3.38. The standard InChI is InChI=1S/C14H25NO3/c1-6-8-11(16)14(7-2)9-15(10-14)12(17)18-13(3,4)5/h6-10H2,1-5H3. The second-order valence-electron chi connectivity index (χ2n) is 6.14. The SMILES string of the molecule is CCCC(=O)C1(CC)CN(C(=O)OC(C)(C)C)C1. The fraction of sp³-hybridized carbons (Fsp3) is 0.857. The van der Waals surface area contributed by atoms with E-state index in [1.807, 2.05) is 34.6 Å². The largest absolute Gasteiger partial charge is 0.444 e. The molecule has 0 unspecified atom stereocenters. The van der Waals surface area contributed by atoms with Crippen molar-refractivity contribution >= 4 is 11.9 Å². The Kier molecular flexibility index (Phi) is 4.41. The Balaban J connectivity index is 2.55. The van der Waals surface area contributed by atoms with Crippen LogP contribution in [0.15, 0.2) is 0 Å². The maximum Gasteiger partial charge on any atom is 0.410 e. The Hall–Kier alpha value is -1.06. The molecule has 0 N–H and O–H groups in total. The summed E-state index contributed by atoms with van der Waals surface area (Å²) in [4.78, 5) is 25.5. The summed E-state index contributed by atoms with van der Waals surface area (Å²) in [7, 11) is 0. The third kappa shape index (κ3) is 3.24. The molecule has 4 nitrogen and oxygen atoms in total. The van der Waals surface area contributed by atoms with E-state index in [-0.39, 0.29) is 17.3 Å². The van der Waals surface area contributed by atoms with Gasteiger partial charge in [-0.15, -0.1) is 0 Å². The van der Waals surface area contributed by atoms with Crippen molar-refractivity contribution < 1.29 is 14.3 Å². The first-order valence-electron chi connectivity index (χ1n) is 6.75. The van der Waals surface area contributed by atoms with Gasteiger partial charge < -0.3 is 9.64 Å². The first-order chi connectivity index (χ1) is 8.24. The van der Waals surface area contributed by atoms with Crippen LogP contribution in [-0.4, -0.2) is 35.5 Å². The van der Waals surface area contributed by atoms with Crippen LogP contribution < -0.4 is 0 Å². The number of hydrogen-bond acceptors (Lipinski definition) is 3. The van der Waals surface area contributed by atoms with Crippen molar-refractivity contribution in [3.8, 4) is 0 Å². The molecule has 18 heavy (non-hydrogen) atoms. The summed E-state index contributed by atoms with van der Waals surface area (Å²) in [5.74, 6) is 0.285. The van der Waals surface area contributed by atoms with Crippen molar-refractivity contribution in [2.75, 3.05) is 13.1 Å². The molecule has 0 atom stereocenters. The van der Waals surface area contributed by atoms with E-state index >= 15 is 0 Å². The van der Waals surface area contributed by atoms with Gasteiger partial charge in [-0.25, -0.2) is 4.79 Å². The minimum absolute atomic E-state index is 0.285. The molecule has 0 saturated carbocycles. The van der Waals surface area contributed by atoms with Gasteiger partial charge in [0.1, 0.15) is 11.4 Å². The van der Waals surface area contributed by atoms with Crippen LogP contribution in [0, 0.1) is 5.41 Å². The molecule has 1 fully saturated rings. The third-order valence-corrected chi connectivity index (χ3v) is 3.38. The van der Waals surface area contributed by atoms with Crippen LogP contribution in [0.5, 0.6) is 0 Å². The summed E-state index contributed by atoms with van der Waals surface area (Å²) in [6.45, 7) is 10.6. The summed E-state index contributed by atoms with van der Waals surface area (Å²) in [5.41, 5.74) is -0.790. The number of ketones is 1. The highest BCUT2D eigenvalue weighted by Crippen LogP contribution is 2.37. The molecule has 4 heteroatoms. The first kappa shape index (κ1) is 15.0. The molecule has 0 spiro atoms. The fourth-order valence-corrected chi connectivity index (χ4v) is 2.23. The van der Waals surface area contributed by atoms with Crippen LogP contribution in [-0.2, 0) is 9.53 Å². The van der Waals surface area contributed by atoms with Gasteiger partial charge in [0.25, 0.3) is 0 Å². The molecular formula is C14H25NO3. The Labute approximate surface area is 110 Å². The maximum absolute atomic E-state index is 12.1. The van der Waals surface area contributed by atoms with Gasteiger partial charge in [0.2, 0.25) is 0 Å². The molecule has 0 aromatic heterocycles. The summed E-state index contributed by atoms with van der Waals surface area (Å²) in [6, 6.07) is 0. The van der Waals surface area contributed by atoms with Crippen molar-refractivity contribution in [2.45, 2.75) is 59.5 Å². The molecule has 1 amide bonds.